The fourth-order valence-electron chi connectivity index (χ4n) is 4.09. The maximum atomic E-state index is 13.6. The highest BCUT2D eigenvalue weighted by Crippen LogP contribution is 2.31. The van der Waals surface area contributed by atoms with Crippen molar-refractivity contribution in [3.8, 4) is 11.8 Å². The van der Waals surface area contributed by atoms with E-state index in [0.29, 0.717) is 41.0 Å². The van der Waals surface area contributed by atoms with E-state index in [4.69, 9.17) is 14.7 Å². The van der Waals surface area contributed by atoms with E-state index < -0.39 is 23.9 Å². The number of carbonyl (C=O) groups is 2. The zero-order chi connectivity index (χ0) is 25.5. The summed E-state index contributed by atoms with van der Waals surface area (Å²) in [6, 6.07) is 20.6. The van der Waals surface area contributed by atoms with Crippen LogP contribution in [0.15, 0.2) is 84.1 Å². The predicted octanol–water partition coefficient (Wildman–Crippen LogP) is 4.69. The number of ether oxygens (including phenoxy) is 2. The molecule has 36 heavy (non-hydrogen) atoms. The molecule has 8 heteroatoms. The molecule has 7 nitrogen and oxygen atoms in total. The van der Waals surface area contributed by atoms with Gasteiger partial charge in [-0.3, -0.25) is 0 Å². The molecule has 1 unspecified atom stereocenters. The van der Waals surface area contributed by atoms with E-state index in [0.717, 1.165) is 5.56 Å². The summed E-state index contributed by atoms with van der Waals surface area (Å²) in [5.41, 5.74) is 3.21. The van der Waals surface area contributed by atoms with Gasteiger partial charge in [-0.05, 0) is 59.9 Å². The predicted molar refractivity (Wildman–Crippen MR) is 130 cm³/mol. The first kappa shape index (κ1) is 24.5. The normalized spacial score (nSPS) is 14.9. The zero-order valence-electron chi connectivity index (χ0n) is 19.6. The summed E-state index contributed by atoms with van der Waals surface area (Å²) >= 11 is 0. The van der Waals surface area contributed by atoms with Crippen LogP contribution in [-0.4, -0.2) is 19.1 Å². The standard InChI is InChI=1S/C28H24FN3O4/c1-35-24-8-3-2-7-20(24)11-14-23-25(27(33)36-17-19-6-4-5-18(15-19)16-30)26(32-28(34)31-23)21-9-12-22(29)13-10-21/h2-10,12-13,15,26H,11,14,17H2,1H3,(H2,31,32,34). The molecule has 1 aliphatic rings. The Balaban J connectivity index is 1.66. The molecule has 182 valence electrons. The van der Waals surface area contributed by atoms with Gasteiger partial charge in [0, 0.05) is 5.70 Å². The lowest BCUT2D eigenvalue weighted by Crippen LogP contribution is -2.46. The third-order valence-corrected chi connectivity index (χ3v) is 5.84. The number of carbonyl (C=O) groups excluding carboxylic acids is 2. The number of aryl methyl sites for hydroxylation is 1. The summed E-state index contributed by atoms with van der Waals surface area (Å²) in [7, 11) is 1.58. The van der Waals surface area contributed by atoms with Crippen molar-refractivity contribution in [3.63, 3.8) is 0 Å². The van der Waals surface area contributed by atoms with Gasteiger partial charge >= 0.3 is 12.0 Å². The Morgan fingerprint density at radius 3 is 2.58 bits per heavy atom. The number of nitrogens with zero attached hydrogens (tertiary/aromatic N) is 1. The van der Waals surface area contributed by atoms with Crippen molar-refractivity contribution in [1.82, 2.24) is 10.6 Å². The van der Waals surface area contributed by atoms with Crippen LogP contribution in [0.2, 0.25) is 0 Å². The number of methoxy groups -OCH3 is 1. The fraction of sp³-hybridized carbons (Fsp3) is 0.179. The van der Waals surface area contributed by atoms with E-state index in [1.807, 2.05) is 24.3 Å². The molecule has 1 aliphatic heterocycles. The Morgan fingerprint density at radius 1 is 1.06 bits per heavy atom. The molecular weight excluding hydrogens is 461 g/mol. The minimum absolute atomic E-state index is 0.0538. The molecule has 0 spiro atoms. The Labute approximate surface area is 208 Å². The number of hydrogen-bond donors (Lipinski definition) is 2. The number of nitriles is 1. The third-order valence-electron chi connectivity index (χ3n) is 5.84. The Kier molecular flexibility index (Phi) is 7.61. The maximum absolute atomic E-state index is 13.6. The van der Waals surface area contributed by atoms with Crippen LogP contribution in [0.25, 0.3) is 0 Å². The van der Waals surface area contributed by atoms with Crippen molar-refractivity contribution in [2.45, 2.75) is 25.5 Å². The van der Waals surface area contributed by atoms with Gasteiger partial charge in [0.1, 0.15) is 18.2 Å². The molecule has 1 atom stereocenters. The highest BCUT2D eigenvalue weighted by molar-refractivity contribution is 5.95. The van der Waals surface area contributed by atoms with Crippen molar-refractivity contribution >= 4 is 12.0 Å². The van der Waals surface area contributed by atoms with E-state index in [9.17, 15) is 14.0 Å². The van der Waals surface area contributed by atoms with E-state index in [1.54, 1.807) is 31.4 Å². The lowest BCUT2D eigenvalue weighted by molar-refractivity contribution is -0.140. The minimum atomic E-state index is -0.829. The van der Waals surface area contributed by atoms with Gasteiger partial charge in [-0.2, -0.15) is 5.26 Å². The second-order valence-corrected chi connectivity index (χ2v) is 8.18. The van der Waals surface area contributed by atoms with Gasteiger partial charge in [0.05, 0.1) is 30.4 Å². The number of amides is 2. The van der Waals surface area contributed by atoms with Gasteiger partial charge in [0.25, 0.3) is 0 Å². The van der Waals surface area contributed by atoms with Crippen LogP contribution >= 0.6 is 0 Å². The Hall–Kier alpha value is -4.64. The molecule has 1 heterocycles. The average molecular weight is 486 g/mol. The van der Waals surface area contributed by atoms with Crippen LogP contribution in [0.3, 0.4) is 0 Å². The third kappa shape index (κ3) is 5.70. The summed E-state index contributed by atoms with van der Waals surface area (Å²) in [5.74, 6) is -0.356. The molecule has 2 N–H and O–H groups in total. The number of allylic oxidation sites excluding steroid dienone is 1. The highest BCUT2D eigenvalue weighted by Gasteiger charge is 2.33. The lowest BCUT2D eigenvalue weighted by Gasteiger charge is -2.29. The number of rotatable bonds is 8. The van der Waals surface area contributed by atoms with Crippen molar-refractivity contribution in [3.05, 3.63) is 112 Å². The number of para-hydroxylation sites is 1. The molecular formula is C28H24FN3O4. The fourth-order valence-corrected chi connectivity index (χ4v) is 4.09. The number of hydrogen-bond acceptors (Lipinski definition) is 5. The van der Waals surface area contributed by atoms with Crippen molar-refractivity contribution in [1.29, 1.82) is 5.26 Å². The van der Waals surface area contributed by atoms with E-state index in [2.05, 4.69) is 16.7 Å². The molecule has 0 fully saturated rings. The summed E-state index contributed by atoms with van der Waals surface area (Å²) in [6.45, 7) is -0.0538. The molecule has 0 aromatic heterocycles. The first-order chi connectivity index (χ1) is 17.5. The van der Waals surface area contributed by atoms with Crippen LogP contribution in [0.4, 0.5) is 9.18 Å². The number of esters is 1. The number of nitrogens with one attached hydrogen (secondary N) is 2. The number of benzene rings is 3. The van der Waals surface area contributed by atoms with E-state index in [-0.39, 0.29) is 12.2 Å². The summed E-state index contributed by atoms with van der Waals surface area (Å²) < 4.78 is 24.6. The first-order valence-electron chi connectivity index (χ1n) is 11.3. The van der Waals surface area contributed by atoms with Gasteiger partial charge in [-0.15, -0.1) is 0 Å². The Morgan fingerprint density at radius 2 is 1.83 bits per heavy atom. The van der Waals surface area contributed by atoms with Crippen molar-refractivity contribution < 1.29 is 23.5 Å². The van der Waals surface area contributed by atoms with Gasteiger partial charge < -0.3 is 20.1 Å². The van der Waals surface area contributed by atoms with Crippen molar-refractivity contribution in [2.75, 3.05) is 7.11 Å². The second kappa shape index (κ2) is 11.2. The topological polar surface area (TPSA) is 100 Å². The molecule has 2 amide bonds. The smallest absolute Gasteiger partial charge is 0.338 e. The van der Waals surface area contributed by atoms with Crippen LogP contribution in [0.5, 0.6) is 5.75 Å². The number of halogens is 1. The average Bonchev–Trinajstić information content (AvgIpc) is 2.91. The van der Waals surface area contributed by atoms with Crippen molar-refractivity contribution in [2.24, 2.45) is 0 Å². The van der Waals surface area contributed by atoms with Crippen LogP contribution < -0.4 is 15.4 Å². The molecule has 0 radical (unpaired) electrons. The van der Waals surface area contributed by atoms with Gasteiger partial charge in [0.15, 0.2) is 0 Å². The SMILES string of the molecule is COc1ccccc1CCC1=C(C(=O)OCc2cccc(C#N)c2)C(c2ccc(F)cc2)NC(=O)N1. The summed E-state index contributed by atoms with van der Waals surface area (Å²) in [6.07, 6.45) is 0.830. The van der Waals surface area contributed by atoms with Crippen LogP contribution in [0.1, 0.15) is 34.7 Å². The van der Waals surface area contributed by atoms with E-state index >= 15 is 0 Å². The van der Waals surface area contributed by atoms with E-state index in [1.165, 1.54) is 24.3 Å². The summed E-state index contributed by atoms with van der Waals surface area (Å²) in [5, 5.41) is 14.6. The molecule has 0 bridgehead atoms. The van der Waals surface area contributed by atoms with Gasteiger partial charge in [-0.1, -0.05) is 42.5 Å². The lowest BCUT2D eigenvalue weighted by atomic mass is 9.93. The quantitative estimate of drug-likeness (QED) is 0.451. The number of urea groups is 1. The molecule has 0 saturated carbocycles. The molecule has 0 saturated heterocycles. The molecule has 3 aromatic carbocycles. The Bertz CT molecular complexity index is 1350. The second-order valence-electron chi connectivity index (χ2n) is 8.18. The molecule has 4 rings (SSSR count). The molecule has 0 aliphatic carbocycles. The van der Waals surface area contributed by atoms with Crippen LogP contribution in [0, 0.1) is 17.1 Å². The summed E-state index contributed by atoms with van der Waals surface area (Å²) in [4.78, 5) is 25.9. The highest BCUT2D eigenvalue weighted by atomic mass is 19.1. The van der Waals surface area contributed by atoms with Crippen LogP contribution in [-0.2, 0) is 22.6 Å². The first-order valence-corrected chi connectivity index (χ1v) is 11.3. The van der Waals surface area contributed by atoms with Gasteiger partial charge in [-0.25, -0.2) is 14.0 Å². The van der Waals surface area contributed by atoms with Gasteiger partial charge in [0.2, 0.25) is 0 Å². The largest absolute Gasteiger partial charge is 0.496 e. The molecule has 3 aromatic rings. The monoisotopic (exact) mass is 485 g/mol. The minimum Gasteiger partial charge on any atom is -0.496 e. The maximum Gasteiger partial charge on any atom is 0.338 e. The zero-order valence-corrected chi connectivity index (χ0v) is 19.6.